The van der Waals surface area contributed by atoms with E-state index in [0.29, 0.717) is 10.8 Å². The van der Waals surface area contributed by atoms with Crippen molar-refractivity contribution in [3.8, 4) is 0 Å². The number of carbonyl (C=O) groups is 1. The van der Waals surface area contributed by atoms with Crippen LogP contribution in [0.2, 0.25) is 0 Å². The van der Waals surface area contributed by atoms with E-state index in [9.17, 15) is 4.79 Å². The van der Waals surface area contributed by atoms with Crippen LogP contribution in [0.3, 0.4) is 0 Å². The van der Waals surface area contributed by atoms with Crippen molar-refractivity contribution in [3.63, 3.8) is 0 Å². The van der Waals surface area contributed by atoms with Gasteiger partial charge in [0.1, 0.15) is 6.54 Å². The number of nitrogens with one attached hydrogen (secondary N) is 1. The van der Waals surface area contributed by atoms with Gasteiger partial charge < -0.3 is 16.2 Å². The molecule has 0 amide bonds. The summed E-state index contributed by atoms with van der Waals surface area (Å²) in [4.78, 5) is 14.6. The van der Waals surface area contributed by atoms with E-state index in [1.54, 1.807) is 6.07 Å². The summed E-state index contributed by atoms with van der Waals surface area (Å²) in [5, 5.41) is 11.8. The predicted octanol–water partition coefficient (Wildman–Crippen LogP) is 1.37. The molecule has 15 heavy (non-hydrogen) atoms. The van der Waals surface area contributed by atoms with Gasteiger partial charge in [0.25, 0.3) is 0 Å². The van der Waals surface area contributed by atoms with Crippen LogP contribution in [0.1, 0.15) is 0 Å². The highest BCUT2D eigenvalue weighted by molar-refractivity contribution is 7.22. The second kappa shape index (κ2) is 3.74. The van der Waals surface area contributed by atoms with Crippen molar-refractivity contribution in [2.45, 2.75) is 0 Å². The van der Waals surface area contributed by atoms with Crippen LogP contribution >= 0.6 is 11.3 Å². The average Bonchev–Trinajstić information content (AvgIpc) is 2.56. The van der Waals surface area contributed by atoms with Crippen LogP contribution in [0.4, 0.5) is 10.8 Å². The van der Waals surface area contributed by atoms with Crippen LogP contribution in [-0.2, 0) is 4.79 Å². The molecule has 1 aromatic heterocycles. The second-order valence-corrected chi connectivity index (χ2v) is 4.02. The van der Waals surface area contributed by atoms with Gasteiger partial charge in [-0.25, -0.2) is 4.98 Å². The lowest BCUT2D eigenvalue weighted by Crippen LogP contribution is -2.11. The van der Waals surface area contributed by atoms with Gasteiger partial charge in [-0.2, -0.15) is 0 Å². The van der Waals surface area contributed by atoms with Gasteiger partial charge in [-0.05, 0) is 18.2 Å². The number of hydrogen-bond donors (Lipinski definition) is 3. The van der Waals surface area contributed by atoms with Gasteiger partial charge >= 0.3 is 5.97 Å². The lowest BCUT2D eigenvalue weighted by molar-refractivity contribution is -0.134. The summed E-state index contributed by atoms with van der Waals surface area (Å²) in [5.41, 5.74) is 7.12. The van der Waals surface area contributed by atoms with Crippen LogP contribution in [-0.4, -0.2) is 22.6 Å². The third-order valence-corrected chi connectivity index (χ3v) is 2.78. The zero-order chi connectivity index (χ0) is 10.8. The summed E-state index contributed by atoms with van der Waals surface area (Å²) in [7, 11) is 0. The van der Waals surface area contributed by atoms with Crippen LogP contribution in [0, 0.1) is 0 Å². The largest absolute Gasteiger partial charge is 0.480 e. The van der Waals surface area contributed by atoms with Crippen molar-refractivity contribution in [2.75, 3.05) is 17.6 Å². The molecule has 0 radical (unpaired) electrons. The van der Waals surface area contributed by atoms with Crippen molar-refractivity contribution >= 4 is 38.3 Å². The maximum Gasteiger partial charge on any atom is 0.322 e. The zero-order valence-electron chi connectivity index (χ0n) is 7.73. The van der Waals surface area contributed by atoms with E-state index < -0.39 is 5.97 Å². The number of hydrogen-bond acceptors (Lipinski definition) is 5. The lowest BCUT2D eigenvalue weighted by atomic mass is 10.3. The summed E-state index contributed by atoms with van der Waals surface area (Å²) in [6.07, 6.45) is 0. The highest BCUT2D eigenvalue weighted by Crippen LogP contribution is 2.27. The van der Waals surface area contributed by atoms with Gasteiger partial charge in [0.2, 0.25) is 0 Å². The van der Waals surface area contributed by atoms with E-state index >= 15 is 0 Å². The number of fused-ring (bicyclic) bond motifs is 1. The standard InChI is InChI=1S/C9H9N3O2S/c10-5-1-2-6-7(3-5)15-9(12-6)11-4-8(13)14/h1-3H,4,10H2,(H,11,12)(H,13,14). The number of carboxylic acid groups (broad SMARTS) is 1. The molecule has 2 aromatic rings. The van der Waals surface area contributed by atoms with Gasteiger partial charge in [-0.15, -0.1) is 0 Å². The van der Waals surface area contributed by atoms with E-state index in [1.807, 2.05) is 12.1 Å². The number of rotatable bonds is 3. The molecule has 0 fully saturated rings. The molecule has 1 heterocycles. The maximum atomic E-state index is 10.3. The SMILES string of the molecule is Nc1ccc2nc(NCC(=O)O)sc2c1. The Balaban J connectivity index is 2.27. The number of nitrogens with two attached hydrogens (primary N) is 1. The Morgan fingerprint density at radius 3 is 3.13 bits per heavy atom. The smallest absolute Gasteiger partial charge is 0.322 e. The number of aliphatic carboxylic acids is 1. The molecular weight excluding hydrogens is 214 g/mol. The first-order valence-electron chi connectivity index (χ1n) is 4.27. The molecule has 2 rings (SSSR count). The first kappa shape index (κ1) is 9.72. The summed E-state index contributed by atoms with van der Waals surface area (Å²) in [6.45, 7) is -0.130. The molecule has 4 N–H and O–H groups in total. The van der Waals surface area contributed by atoms with Crippen LogP contribution in [0.25, 0.3) is 10.2 Å². The van der Waals surface area contributed by atoms with Gasteiger partial charge in [0, 0.05) is 5.69 Å². The molecule has 0 aliphatic rings. The zero-order valence-corrected chi connectivity index (χ0v) is 8.54. The first-order chi connectivity index (χ1) is 7.15. The molecule has 6 heteroatoms. The summed E-state index contributed by atoms with van der Waals surface area (Å²) in [5.74, 6) is -0.909. The molecule has 1 aromatic carbocycles. The molecule has 0 atom stereocenters. The second-order valence-electron chi connectivity index (χ2n) is 2.99. The number of nitrogens with zero attached hydrogens (tertiary/aromatic N) is 1. The molecule has 0 unspecified atom stereocenters. The number of benzene rings is 1. The Bertz CT molecular complexity index is 509. The van der Waals surface area contributed by atoms with Crippen molar-refractivity contribution in [1.29, 1.82) is 0 Å². The molecule has 0 saturated heterocycles. The Morgan fingerprint density at radius 1 is 1.60 bits per heavy atom. The Hall–Kier alpha value is -1.82. The minimum atomic E-state index is -0.909. The Morgan fingerprint density at radius 2 is 2.40 bits per heavy atom. The maximum absolute atomic E-state index is 10.3. The number of carboxylic acids is 1. The third-order valence-electron chi connectivity index (χ3n) is 1.80. The van der Waals surface area contributed by atoms with Gasteiger partial charge in [-0.1, -0.05) is 11.3 Å². The van der Waals surface area contributed by atoms with Crippen LogP contribution in [0.5, 0.6) is 0 Å². The number of nitrogen functional groups attached to an aromatic ring is 1. The van der Waals surface area contributed by atoms with Gasteiger partial charge in [0.05, 0.1) is 10.2 Å². The van der Waals surface area contributed by atoms with E-state index in [2.05, 4.69) is 10.3 Å². The van der Waals surface area contributed by atoms with Crippen molar-refractivity contribution < 1.29 is 9.90 Å². The van der Waals surface area contributed by atoms with E-state index in [-0.39, 0.29) is 6.54 Å². The van der Waals surface area contributed by atoms with Crippen molar-refractivity contribution in [2.24, 2.45) is 0 Å². The monoisotopic (exact) mass is 223 g/mol. The molecular formula is C9H9N3O2S. The normalized spacial score (nSPS) is 10.4. The van der Waals surface area contributed by atoms with Crippen LogP contribution in [0.15, 0.2) is 18.2 Å². The highest BCUT2D eigenvalue weighted by atomic mass is 32.1. The molecule has 0 spiro atoms. The molecule has 78 valence electrons. The minimum Gasteiger partial charge on any atom is -0.480 e. The third kappa shape index (κ3) is 2.16. The number of anilines is 2. The topological polar surface area (TPSA) is 88.2 Å². The fourth-order valence-electron chi connectivity index (χ4n) is 1.17. The molecule has 0 aliphatic heterocycles. The van der Waals surface area contributed by atoms with Gasteiger partial charge in [-0.3, -0.25) is 4.79 Å². The quantitative estimate of drug-likeness (QED) is 0.684. The minimum absolute atomic E-state index is 0.130. The fourth-order valence-corrected chi connectivity index (χ4v) is 2.08. The average molecular weight is 223 g/mol. The summed E-state index contributed by atoms with van der Waals surface area (Å²) >= 11 is 1.39. The fraction of sp³-hybridized carbons (Fsp3) is 0.111. The Labute approximate surface area is 89.5 Å². The van der Waals surface area contributed by atoms with Crippen molar-refractivity contribution in [1.82, 2.24) is 4.98 Å². The summed E-state index contributed by atoms with van der Waals surface area (Å²) < 4.78 is 0.947. The van der Waals surface area contributed by atoms with E-state index in [1.165, 1.54) is 11.3 Å². The van der Waals surface area contributed by atoms with E-state index in [0.717, 1.165) is 10.2 Å². The highest BCUT2D eigenvalue weighted by Gasteiger charge is 2.04. The molecule has 5 nitrogen and oxygen atoms in total. The Kier molecular flexibility index (Phi) is 2.42. The summed E-state index contributed by atoms with van der Waals surface area (Å²) in [6, 6.07) is 5.40. The predicted molar refractivity (Wildman–Crippen MR) is 60.2 cm³/mol. The molecule has 0 saturated carbocycles. The van der Waals surface area contributed by atoms with Crippen molar-refractivity contribution in [3.05, 3.63) is 18.2 Å². The lowest BCUT2D eigenvalue weighted by Gasteiger charge is -1.94. The molecule has 0 aliphatic carbocycles. The van der Waals surface area contributed by atoms with E-state index in [4.69, 9.17) is 10.8 Å². The number of aromatic nitrogens is 1. The van der Waals surface area contributed by atoms with Crippen LogP contribution < -0.4 is 11.1 Å². The molecule has 0 bridgehead atoms. The number of thiazole rings is 1. The first-order valence-corrected chi connectivity index (χ1v) is 5.08. The van der Waals surface area contributed by atoms with Gasteiger partial charge in [0.15, 0.2) is 5.13 Å².